The Hall–Kier alpha value is -3.23. The van der Waals surface area contributed by atoms with Gasteiger partial charge in [0.1, 0.15) is 0 Å². The molecule has 6 aromatic rings. The molecule has 0 aromatic heterocycles. The summed E-state index contributed by atoms with van der Waals surface area (Å²) in [5, 5.41) is 8.23. The quantitative estimate of drug-likeness (QED) is 0.258. The van der Waals surface area contributed by atoms with Crippen LogP contribution >= 0.6 is 11.8 Å². The van der Waals surface area contributed by atoms with Gasteiger partial charge < -0.3 is 0 Å². The van der Waals surface area contributed by atoms with Crippen LogP contribution in [-0.2, 0) is 0 Å². The van der Waals surface area contributed by atoms with E-state index in [1.807, 2.05) is 11.8 Å². The summed E-state index contributed by atoms with van der Waals surface area (Å²) in [4.78, 5) is 2.72. The van der Waals surface area contributed by atoms with Gasteiger partial charge in [-0.1, -0.05) is 119 Å². The van der Waals surface area contributed by atoms with Crippen LogP contribution in [0.15, 0.2) is 113 Å². The second kappa shape index (κ2) is 6.14. The Kier molecular flexibility index (Phi) is 3.39. The molecule has 30 heavy (non-hydrogen) atoms. The molecule has 7 rings (SSSR count). The monoisotopic (exact) mass is 396 g/mol. The molecule has 1 aliphatic heterocycles. The zero-order valence-corrected chi connectivity index (χ0v) is 17.1. The lowest BCUT2D eigenvalue weighted by atomic mass is 9.36. The van der Waals surface area contributed by atoms with E-state index < -0.39 is 0 Å². The minimum Gasteiger partial charge on any atom is -0.0900 e. The number of hydrogen-bond acceptors (Lipinski definition) is 1. The number of benzene rings is 6. The van der Waals surface area contributed by atoms with Gasteiger partial charge >= 0.3 is 0 Å². The van der Waals surface area contributed by atoms with Crippen LogP contribution in [0.3, 0.4) is 0 Å². The predicted octanol–water partition coefficient (Wildman–Crippen LogP) is 5.56. The normalized spacial score (nSPS) is 13.1. The predicted molar refractivity (Wildman–Crippen MR) is 132 cm³/mol. The topological polar surface area (TPSA) is 0 Å². The van der Waals surface area contributed by atoms with E-state index >= 15 is 0 Å². The second-order valence-electron chi connectivity index (χ2n) is 8.13. The van der Waals surface area contributed by atoms with E-state index in [-0.39, 0.29) is 6.71 Å². The number of hydrogen-bond donors (Lipinski definition) is 0. The minimum absolute atomic E-state index is 0.237. The Labute approximate surface area is 180 Å². The molecule has 0 nitrogen and oxygen atoms in total. The van der Waals surface area contributed by atoms with Crippen molar-refractivity contribution in [1.29, 1.82) is 0 Å². The summed E-state index contributed by atoms with van der Waals surface area (Å²) < 4.78 is 0. The molecule has 1 aliphatic rings. The summed E-state index contributed by atoms with van der Waals surface area (Å²) in [7, 11) is 0. The molecule has 0 spiro atoms. The largest absolute Gasteiger partial charge is 0.243 e. The number of fused-ring (bicyclic) bond motifs is 1. The van der Waals surface area contributed by atoms with Crippen LogP contribution in [0.1, 0.15) is 0 Å². The van der Waals surface area contributed by atoms with Crippen LogP contribution in [0, 0.1) is 0 Å². The molecular formula is C28H17BS. The third kappa shape index (κ3) is 2.20. The highest BCUT2D eigenvalue weighted by Gasteiger charge is 2.30. The Morgan fingerprint density at radius 2 is 1.20 bits per heavy atom. The molecule has 0 saturated heterocycles. The average molecular weight is 396 g/mol. The Morgan fingerprint density at radius 3 is 2.10 bits per heavy atom. The molecule has 0 atom stereocenters. The zero-order chi connectivity index (χ0) is 19.7. The molecule has 0 amide bonds. The summed E-state index contributed by atoms with van der Waals surface area (Å²) in [5.41, 5.74) is 4.17. The minimum atomic E-state index is 0.237. The summed E-state index contributed by atoms with van der Waals surface area (Å²) in [6.07, 6.45) is 0. The molecule has 138 valence electrons. The van der Waals surface area contributed by atoms with Gasteiger partial charge in [0.25, 0.3) is 0 Å². The maximum atomic E-state index is 2.41. The van der Waals surface area contributed by atoms with Gasteiger partial charge in [0.2, 0.25) is 6.71 Å². The first-order valence-corrected chi connectivity index (χ1v) is 11.2. The third-order valence-corrected chi connectivity index (χ3v) is 7.65. The second-order valence-corrected chi connectivity index (χ2v) is 9.21. The first-order valence-electron chi connectivity index (χ1n) is 10.4. The van der Waals surface area contributed by atoms with Crippen molar-refractivity contribution in [3.05, 3.63) is 103 Å². The Bertz CT molecular complexity index is 1570. The fourth-order valence-electron chi connectivity index (χ4n) is 5.26. The van der Waals surface area contributed by atoms with Crippen molar-refractivity contribution in [1.82, 2.24) is 0 Å². The fourth-order valence-corrected chi connectivity index (χ4v) is 6.46. The van der Waals surface area contributed by atoms with Crippen molar-refractivity contribution in [2.75, 3.05) is 0 Å². The third-order valence-electron chi connectivity index (χ3n) is 6.52. The van der Waals surface area contributed by atoms with E-state index in [9.17, 15) is 0 Å². The molecule has 1 heterocycles. The van der Waals surface area contributed by atoms with E-state index in [1.54, 1.807) is 0 Å². The summed E-state index contributed by atoms with van der Waals surface area (Å²) >= 11 is 1.92. The van der Waals surface area contributed by atoms with Crippen molar-refractivity contribution in [3.8, 4) is 0 Å². The molecule has 2 heteroatoms. The molecule has 0 bridgehead atoms. The van der Waals surface area contributed by atoms with E-state index in [0.29, 0.717) is 0 Å². The molecule has 0 saturated carbocycles. The van der Waals surface area contributed by atoms with Crippen LogP contribution < -0.4 is 16.4 Å². The highest BCUT2D eigenvalue weighted by molar-refractivity contribution is 8.00. The summed E-state index contributed by atoms with van der Waals surface area (Å²) in [6.45, 7) is 0.237. The van der Waals surface area contributed by atoms with E-state index in [0.717, 1.165) is 0 Å². The van der Waals surface area contributed by atoms with Gasteiger partial charge in [-0.25, -0.2) is 0 Å². The van der Waals surface area contributed by atoms with Crippen molar-refractivity contribution >= 4 is 67.2 Å². The van der Waals surface area contributed by atoms with Crippen molar-refractivity contribution in [2.24, 2.45) is 0 Å². The van der Waals surface area contributed by atoms with E-state index in [4.69, 9.17) is 0 Å². The SMILES string of the molecule is c1ccc(B2c3ccccc3Sc3cc4cccc5ccc6ccc2c3c6c54)cc1. The lowest BCUT2D eigenvalue weighted by molar-refractivity contribution is 1.50. The maximum absolute atomic E-state index is 2.41. The van der Waals surface area contributed by atoms with Crippen molar-refractivity contribution in [3.63, 3.8) is 0 Å². The molecule has 0 aliphatic carbocycles. The first-order chi connectivity index (χ1) is 14.9. The fraction of sp³-hybridized carbons (Fsp3) is 0. The molecular weight excluding hydrogens is 379 g/mol. The zero-order valence-electron chi connectivity index (χ0n) is 16.3. The lowest BCUT2D eigenvalue weighted by Gasteiger charge is -2.19. The Morgan fingerprint density at radius 1 is 0.467 bits per heavy atom. The van der Waals surface area contributed by atoms with Gasteiger partial charge in [-0.2, -0.15) is 0 Å². The molecule has 0 fully saturated rings. The smallest absolute Gasteiger partial charge is 0.0900 e. The van der Waals surface area contributed by atoms with Gasteiger partial charge in [0.05, 0.1) is 0 Å². The summed E-state index contributed by atoms with van der Waals surface area (Å²) in [5.74, 6) is 0. The van der Waals surface area contributed by atoms with Crippen LogP contribution in [0.5, 0.6) is 0 Å². The lowest BCUT2D eigenvalue weighted by Crippen LogP contribution is -2.52. The molecule has 0 radical (unpaired) electrons. The van der Waals surface area contributed by atoms with Crippen LogP contribution in [0.25, 0.3) is 32.3 Å². The summed E-state index contributed by atoms with van der Waals surface area (Å²) in [6, 6.07) is 38.2. The van der Waals surface area contributed by atoms with Crippen LogP contribution in [0.2, 0.25) is 0 Å². The number of rotatable bonds is 1. The van der Waals surface area contributed by atoms with Gasteiger partial charge in [-0.15, -0.1) is 0 Å². The van der Waals surface area contributed by atoms with Crippen LogP contribution in [-0.4, -0.2) is 6.71 Å². The molecule has 0 N–H and O–H groups in total. The van der Waals surface area contributed by atoms with Crippen LogP contribution in [0.4, 0.5) is 0 Å². The highest BCUT2D eigenvalue weighted by Crippen LogP contribution is 2.42. The Balaban J connectivity index is 1.71. The average Bonchev–Trinajstić information content (AvgIpc) is 2.94. The first kappa shape index (κ1) is 16.6. The van der Waals surface area contributed by atoms with Gasteiger partial charge in [0.15, 0.2) is 0 Å². The van der Waals surface area contributed by atoms with Crippen molar-refractivity contribution in [2.45, 2.75) is 9.79 Å². The van der Waals surface area contributed by atoms with Gasteiger partial charge in [-0.05, 0) is 44.5 Å². The standard InChI is InChI=1S/C28H17BS/c1-2-9-21(10-3-1)29-22-11-4-5-12-24(22)30-25-17-20-8-6-7-18-13-14-19-15-16-23(29)28(25)27(19)26(18)20/h1-17H. The van der Waals surface area contributed by atoms with E-state index in [2.05, 4.69) is 103 Å². The maximum Gasteiger partial charge on any atom is 0.243 e. The highest BCUT2D eigenvalue weighted by atomic mass is 32.2. The van der Waals surface area contributed by atoms with Gasteiger partial charge in [-0.3, -0.25) is 0 Å². The van der Waals surface area contributed by atoms with Gasteiger partial charge in [0, 0.05) is 9.79 Å². The van der Waals surface area contributed by atoms with E-state index in [1.165, 1.54) is 58.5 Å². The molecule has 6 aromatic carbocycles. The van der Waals surface area contributed by atoms with Crippen molar-refractivity contribution < 1.29 is 0 Å². The molecule has 0 unspecified atom stereocenters.